The number of methoxy groups -OCH3 is 1. The molecule has 0 fully saturated rings. The predicted molar refractivity (Wildman–Crippen MR) is 84.4 cm³/mol. The number of benzene rings is 2. The molecule has 0 amide bonds. The molecule has 2 unspecified atom stereocenters. The van der Waals surface area contributed by atoms with Gasteiger partial charge in [-0.2, -0.15) is 0 Å². The Bertz CT molecular complexity index is 617. The van der Waals surface area contributed by atoms with Crippen molar-refractivity contribution in [1.29, 1.82) is 0 Å². The smallest absolute Gasteiger partial charge is 0.165 e. The van der Waals surface area contributed by atoms with Crippen LogP contribution in [0.5, 0.6) is 5.75 Å². The van der Waals surface area contributed by atoms with Gasteiger partial charge in [-0.05, 0) is 43.2 Å². The first-order valence-corrected chi connectivity index (χ1v) is 7.24. The van der Waals surface area contributed by atoms with Gasteiger partial charge >= 0.3 is 0 Å². The van der Waals surface area contributed by atoms with Crippen LogP contribution in [0.4, 0.5) is 4.39 Å². The fourth-order valence-corrected chi connectivity index (χ4v) is 2.64. The van der Waals surface area contributed by atoms with Crippen LogP contribution in [0.15, 0.2) is 42.5 Å². The van der Waals surface area contributed by atoms with Crippen molar-refractivity contribution >= 4 is 11.6 Å². The van der Waals surface area contributed by atoms with E-state index in [0.29, 0.717) is 0 Å². The molecule has 2 rings (SSSR count). The maximum Gasteiger partial charge on any atom is 0.165 e. The van der Waals surface area contributed by atoms with Crippen LogP contribution in [0.3, 0.4) is 0 Å². The zero-order valence-corrected chi connectivity index (χ0v) is 13.1. The van der Waals surface area contributed by atoms with Crippen molar-refractivity contribution in [2.45, 2.75) is 25.9 Å². The van der Waals surface area contributed by atoms with Crippen LogP contribution in [0, 0.1) is 5.82 Å². The van der Waals surface area contributed by atoms with Crippen molar-refractivity contribution in [3.05, 3.63) is 64.4 Å². The highest BCUT2D eigenvalue weighted by atomic mass is 35.5. The summed E-state index contributed by atoms with van der Waals surface area (Å²) in [5.41, 5.74) is 1.90. The van der Waals surface area contributed by atoms with Crippen LogP contribution in [0.1, 0.15) is 37.1 Å². The average molecular weight is 308 g/mol. The molecule has 0 aliphatic rings. The van der Waals surface area contributed by atoms with Gasteiger partial charge in [0.2, 0.25) is 0 Å². The van der Waals surface area contributed by atoms with Crippen LogP contribution in [-0.4, -0.2) is 7.11 Å². The first kappa shape index (κ1) is 15.8. The Kier molecular flexibility index (Phi) is 5.21. The summed E-state index contributed by atoms with van der Waals surface area (Å²) in [5, 5.41) is 4.15. The molecule has 112 valence electrons. The number of nitrogens with one attached hydrogen (secondary N) is 1. The van der Waals surface area contributed by atoms with Gasteiger partial charge in [-0.25, -0.2) is 4.39 Å². The normalized spacial score (nSPS) is 13.8. The van der Waals surface area contributed by atoms with Gasteiger partial charge < -0.3 is 10.1 Å². The van der Waals surface area contributed by atoms with Gasteiger partial charge in [-0.15, -0.1) is 0 Å². The lowest BCUT2D eigenvalue weighted by Gasteiger charge is -2.22. The summed E-state index contributed by atoms with van der Waals surface area (Å²) < 4.78 is 18.7. The quantitative estimate of drug-likeness (QED) is 0.848. The second kappa shape index (κ2) is 6.92. The highest BCUT2D eigenvalue weighted by Gasteiger charge is 2.14. The van der Waals surface area contributed by atoms with Gasteiger partial charge in [0, 0.05) is 17.1 Å². The Morgan fingerprint density at radius 3 is 2.43 bits per heavy atom. The van der Waals surface area contributed by atoms with E-state index in [0.717, 1.165) is 16.1 Å². The lowest BCUT2D eigenvalue weighted by molar-refractivity contribution is 0.385. The van der Waals surface area contributed by atoms with Gasteiger partial charge in [0.25, 0.3) is 0 Å². The average Bonchev–Trinajstić information content (AvgIpc) is 2.47. The fourth-order valence-electron chi connectivity index (χ4n) is 2.34. The summed E-state index contributed by atoms with van der Waals surface area (Å²) in [6.07, 6.45) is 0. The molecule has 4 heteroatoms. The van der Waals surface area contributed by atoms with E-state index in [-0.39, 0.29) is 23.7 Å². The summed E-state index contributed by atoms with van der Waals surface area (Å²) >= 11 is 6.20. The molecule has 0 aliphatic heterocycles. The maximum absolute atomic E-state index is 13.8. The monoisotopic (exact) mass is 307 g/mol. The molecule has 2 nitrogen and oxygen atoms in total. The third kappa shape index (κ3) is 3.74. The summed E-state index contributed by atoms with van der Waals surface area (Å²) in [6.45, 7) is 4.03. The van der Waals surface area contributed by atoms with E-state index in [2.05, 4.69) is 5.32 Å². The maximum atomic E-state index is 13.8. The number of halogens is 2. The van der Waals surface area contributed by atoms with E-state index >= 15 is 0 Å². The third-order valence-corrected chi connectivity index (χ3v) is 3.89. The van der Waals surface area contributed by atoms with Crippen LogP contribution in [0.2, 0.25) is 5.02 Å². The van der Waals surface area contributed by atoms with E-state index in [1.807, 2.05) is 44.2 Å². The molecule has 0 aliphatic carbocycles. The molecule has 21 heavy (non-hydrogen) atoms. The standard InChI is InChI=1S/C17H19ClFNO/c1-11(13-8-9-17(21-3)16(19)10-13)20-12(2)14-6-4-5-7-15(14)18/h4-12,20H,1-3H3. The Hall–Kier alpha value is -1.58. The van der Waals surface area contributed by atoms with Gasteiger partial charge in [0.05, 0.1) is 7.11 Å². The minimum Gasteiger partial charge on any atom is -0.494 e. The number of rotatable bonds is 5. The highest BCUT2D eigenvalue weighted by molar-refractivity contribution is 6.31. The summed E-state index contributed by atoms with van der Waals surface area (Å²) in [4.78, 5) is 0. The van der Waals surface area contributed by atoms with Crippen molar-refractivity contribution in [2.24, 2.45) is 0 Å². The molecule has 0 heterocycles. The molecule has 0 saturated heterocycles. The zero-order valence-electron chi connectivity index (χ0n) is 12.4. The SMILES string of the molecule is COc1ccc(C(C)NC(C)c2ccccc2Cl)cc1F. The van der Waals surface area contributed by atoms with Crippen molar-refractivity contribution in [3.8, 4) is 5.75 Å². The molecule has 0 bridgehead atoms. The molecule has 2 aromatic rings. The van der Waals surface area contributed by atoms with E-state index in [4.69, 9.17) is 16.3 Å². The largest absolute Gasteiger partial charge is 0.494 e. The molecule has 2 aromatic carbocycles. The summed E-state index contributed by atoms with van der Waals surface area (Å²) in [5.74, 6) is -0.0980. The molecular formula is C17H19ClFNO. The first-order chi connectivity index (χ1) is 10.0. The number of hydrogen-bond donors (Lipinski definition) is 1. The third-order valence-electron chi connectivity index (χ3n) is 3.55. The minimum atomic E-state index is -0.353. The number of hydrogen-bond acceptors (Lipinski definition) is 2. The van der Waals surface area contributed by atoms with E-state index < -0.39 is 0 Å². The van der Waals surface area contributed by atoms with Gasteiger partial charge in [-0.3, -0.25) is 0 Å². The molecule has 1 N–H and O–H groups in total. The van der Waals surface area contributed by atoms with Gasteiger partial charge in [0.1, 0.15) is 0 Å². The topological polar surface area (TPSA) is 21.3 Å². The van der Waals surface area contributed by atoms with Crippen LogP contribution >= 0.6 is 11.6 Å². The Morgan fingerprint density at radius 1 is 1.10 bits per heavy atom. The summed E-state index contributed by atoms with van der Waals surface area (Å²) in [7, 11) is 1.46. The molecule has 0 spiro atoms. The number of ether oxygens (including phenoxy) is 1. The molecule has 0 radical (unpaired) electrons. The highest BCUT2D eigenvalue weighted by Crippen LogP contribution is 2.26. The van der Waals surface area contributed by atoms with Crippen molar-refractivity contribution < 1.29 is 9.13 Å². The predicted octanol–water partition coefficient (Wildman–Crippen LogP) is 4.90. The zero-order chi connectivity index (χ0) is 15.4. The van der Waals surface area contributed by atoms with E-state index in [9.17, 15) is 4.39 Å². The van der Waals surface area contributed by atoms with Crippen molar-refractivity contribution in [1.82, 2.24) is 5.32 Å². The van der Waals surface area contributed by atoms with Gasteiger partial charge in [-0.1, -0.05) is 35.9 Å². The van der Waals surface area contributed by atoms with Crippen LogP contribution in [0.25, 0.3) is 0 Å². The van der Waals surface area contributed by atoms with Crippen molar-refractivity contribution in [3.63, 3.8) is 0 Å². The first-order valence-electron chi connectivity index (χ1n) is 6.87. The molecule has 2 atom stereocenters. The molecule has 0 aromatic heterocycles. The lowest BCUT2D eigenvalue weighted by atomic mass is 10.0. The fraction of sp³-hybridized carbons (Fsp3) is 0.294. The Balaban J connectivity index is 2.12. The molecule has 0 saturated carbocycles. The Morgan fingerprint density at radius 2 is 1.81 bits per heavy atom. The second-order valence-corrected chi connectivity index (χ2v) is 5.43. The lowest BCUT2D eigenvalue weighted by Crippen LogP contribution is -2.22. The second-order valence-electron chi connectivity index (χ2n) is 5.03. The van der Waals surface area contributed by atoms with E-state index in [1.165, 1.54) is 13.2 Å². The summed E-state index contributed by atoms with van der Waals surface area (Å²) in [6, 6.07) is 12.8. The molecular weight excluding hydrogens is 289 g/mol. The van der Waals surface area contributed by atoms with Crippen LogP contribution in [-0.2, 0) is 0 Å². The van der Waals surface area contributed by atoms with E-state index in [1.54, 1.807) is 6.07 Å². The van der Waals surface area contributed by atoms with Gasteiger partial charge in [0.15, 0.2) is 11.6 Å². The van der Waals surface area contributed by atoms with Crippen molar-refractivity contribution in [2.75, 3.05) is 7.11 Å². The Labute approximate surface area is 129 Å². The minimum absolute atomic E-state index is 0.00308. The van der Waals surface area contributed by atoms with Crippen LogP contribution < -0.4 is 10.1 Å².